The van der Waals surface area contributed by atoms with Crippen molar-refractivity contribution in [2.45, 2.75) is 64.0 Å². The van der Waals surface area contributed by atoms with E-state index in [2.05, 4.69) is 10.1 Å². The van der Waals surface area contributed by atoms with Crippen molar-refractivity contribution >= 4 is 0 Å². The van der Waals surface area contributed by atoms with Crippen LogP contribution in [0.3, 0.4) is 0 Å². The Morgan fingerprint density at radius 2 is 2.11 bits per heavy atom. The van der Waals surface area contributed by atoms with Crippen LogP contribution in [0, 0.1) is 0 Å². The first-order valence-electron chi connectivity index (χ1n) is 6.91. The maximum Gasteiger partial charge on any atom is 0.246 e. The summed E-state index contributed by atoms with van der Waals surface area (Å²) in [7, 11) is 0. The van der Waals surface area contributed by atoms with Crippen molar-refractivity contribution in [2.24, 2.45) is 5.73 Å². The van der Waals surface area contributed by atoms with Crippen molar-refractivity contribution in [3.05, 3.63) is 11.7 Å². The van der Waals surface area contributed by atoms with E-state index < -0.39 is 5.54 Å². The first-order chi connectivity index (χ1) is 8.68. The Labute approximate surface area is 108 Å². The summed E-state index contributed by atoms with van der Waals surface area (Å²) in [4.78, 5) is 4.44. The van der Waals surface area contributed by atoms with E-state index in [9.17, 15) is 0 Å². The molecule has 1 saturated heterocycles. The van der Waals surface area contributed by atoms with Gasteiger partial charge in [0.05, 0.1) is 11.6 Å². The van der Waals surface area contributed by atoms with Crippen LogP contribution in [0.25, 0.3) is 0 Å². The zero-order valence-electron chi connectivity index (χ0n) is 11.3. The summed E-state index contributed by atoms with van der Waals surface area (Å²) < 4.78 is 11.0. The van der Waals surface area contributed by atoms with Gasteiger partial charge in [0.2, 0.25) is 5.89 Å². The first kappa shape index (κ1) is 13.5. The van der Waals surface area contributed by atoms with E-state index in [0.29, 0.717) is 11.7 Å². The highest BCUT2D eigenvalue weighted by molar-refractivity contribution is 5.01. The number of aromatic nitrogens is 2. The molecular weight excluding hydrogens is 230 g/mol. The third-order valence-electron chi connectivity index (χ3n) is 3.84. The standard InChI is InChI=1S/C13H23N3O2/c1-3-13(14,4-2)12-15-11(16-18-12)9-10-7-5-6-8-17-10/h10H,3-9,14H2,1-2H3. The molecule has 1 aliphatic heterocycles. The highest BCUT2D eigenvalue weighted by Gasteiger charge is 2.30. The summed E-state index contributed by atoms with van der Waals surface area (Å²) in [5.74, 6) is 1.27. The van der Waals surface area contributed by atoms with Crippen LogP contribution < -0.4 is 5.73 Å². The quantitative estimate of drug-likeness (QED) is 0.870. The van der Waals surface area contributed by atoms with Gasteiger partial charge < -0.3 is 15.0 Å². The van der Waals surface area contributed by atoms with Gasteiger partial charge in [-0.2, -0.15) is 4.98 Å². The highest BCUT2D eigenvalue weighted by atomic mass is 16.5. The van der Waals surface area contributed by atoms with Gasteiger partial charge in [0, 0.05) is 13.0 Å². The molecule has 1 aromatic heterocycles. The van der Waals surface area contributed by atoms with Crippen molar-refractivity contribution in [1.82, 2.24) is 10.1 Å². The molecule has 0 aliphatic carbocycles. The molecular formula is C13H23N3O2. The fraction of sp³-hybridized carbons (Fsp3) is 0.846. The molecule has 0 spiro atoms. The molecule has 1 aromatic rings. The van der Waals surface area contributed by atoms with Gasteiger partial charge in [0.15, 0.2) is 5.82 Å². The molecule has 0 amide bonds. The molecule has 0 saturated carbocycles. The molecule has 102 valence electrons. The van der Waals surface area contributed by atoms with Crippen LogP contribution in [0.15, 0.2) is 4.52 Å². The summed E-state index contributed by atoms with van der Waals surface area (Å²) in [5.41, 5.74) is 5.75. The molecule has 1 aliphatic rings. The number of hydrogen-bond acceptors (Lipinski definition) is 5. The predicted molar refractivity (Wildman–Crippen MR) is 68.0 cm³/mol. The molecule has 0 aromatic carbocycles. The monoisotopic (exact) mass is 253 g/mol. The second-order valence-corrected chi connectivity index (χ2v) is 5.07. The van der Waals surface area contributed by atoms with Crippen LogP contribution in [-0.2, 0) is 16.7 Å². The first-order valence-corrected chi connectivity index (χ1v) is 6.91. The Kier molecular flexibility index (Phi) is 4.35. The molecule has 1 atom stereocenters. The van der Waals surface area contributed by atoms with Crippen LogP contribution in [0.1, 0.15) is 57.7 Å². The lowest BCUT2D eigenvalue weighted by molar-refractivity contribution is 0.0153. The molecule has 0 bridgehead atoms. The SMILES string of the molecule is CCC(N)(CC)c1nc(CC2CCCCO2)no1. The zero-order chi connectivity index (χ0) is 13.0. The van der Waals surface area contributed by atoms with Gasteiger partial charge in [0.1, 0.15) is 0 Å². The van der Waals surface area contributed by atoms with E-state index in [0.717, 1.165) is 38.7 Å². The fourth-order valence-electron chi connectivity index (χ4n) is 2.26. The molecule has 1 fully saturated rings. The van der Waals surface area contributed by atoms with Gasteiger partial charge in [-0.15, -0.1) is 0 Å². The smallest absolute Gasteiger partial charge is 0.246 e. The van der Waals surface area contributed by atoms with Gasteiger partial charge in [-0.1, -0.05) is 19.0 Å². The van der Waals surface area contributed by atoms with Crippen molar-refractivity contribution in [3.8, 4) is 0 Å². The van der Waals surface area contributed by atoms with Gasteiger partial charge in [-0.05, 0) is 32.1 Å². The topological polar surface area (TPSA) is 74.2 Å². The third kappa shape index (κ3) is 2.90. The van der Waals surface area contributed by atoms with Crippen LogP contribution in [-0.4, -0.2) is 22.9 Å². The maximum absolute atomic E-state index is 6.24. The summed E-state index contributed by atoms with van der Waals surface area (Å²) in [6, 6.07) is 0. The fourth-order valence-corrected chi connectivity index (χ4v) is 2.26. The highest BCUT2D eigenvalue weighted by Crippen LogP contribution is 2.24. The number of ether oxygens (including phenoxy) is 1. The summed E-state index contributed by atoms with van der Waals surface area (Å²) in [6.45, 7) is 4.93. The molecule has 2 N–H and O–H groups in total. The van der Waals surface area contributed by atoms with E-state index >= 15 is 0 Å². The van der Waals surface area contributed by atoms with Crippen molar-refractivity contribution in [2.75, 3.05) is 6.61 Å². The Balaban J connectivity index is 2.01. The van der Waals surface area contributed by atoms with Gasteiger partial charge in [-0.25, -0.2) is 0 Å². The van der Waals surface area contributed by atoms with Gasteiger partial charge in [-0.3, -0.25) is 0 Å². The summed E-state index contributed by atoms with van der Waals surface area (Å²) in [6.07, 6.45) is 6.02. The van der Waals surface area contributed by atoms with Crippen molar-refractivity contribution in [1.29, 1.82) is 0 Å². The van der Waals surface area contributed by atoms with Crippen molar-refractivity contribution in [3.63, 3.8) is 0 Å². The molecule has 1 unspecified atom stereocenters. The van der Waals surface area contributed by atoms with Crippen LogP contribution in [0.5, 0.6) is 0 Å². The lowest BCUT2D eigenvalue weighted by Crippen LogP contribution is -2.35. The number of rotatable bonds is 5. The summed E-state index contributed by atoms with van der Waals surface area (Å²) >= 11 is 0. The van der Waals surface area contributed by atoms with Crippen LogP contribution in [0.2, 0.25) is 0 Å². The average Bonchev–Trinajstić information content (AvgIpc) is 2.88. The van der Waals surface area contributed by atoms with Gasteiger partial charge in [0.25, 0.3) is 0 Å². The Morgan fingerprint density at radius 3 is 2.72 bits per heavy atom. The number of nitrogens with two attached hydrogens (primary N) is 1. The second-order valence-electron chi connectivity index (χ2n) is 5.07. The molecule has 5 nitrogen and oxygen atoms in total. The molecule has 2 heterocycles. The second kappa shape index (κ2) is 5.80. The van der Waals surface area contributed by atoms with E-state index in [1.54, 1.807) is 0 Å². The average molecular weight is 253 g/mol. The lowest BCUT2D eigenvalue weighted by atomic mass is 9.94. The summed E-state index contributed by atoms with van der Waals surface area (Å²) in [5, 5.41) is 4.03. The molecule has 2 rings (SSSR count). The zero-order valence-corrected chi connectivity index (χ0v) is 11.3. The third-order valence-corrected chi connectivity index (χ3v) is 3.84. The normalized spacial score (nSPS) is 21.2. The molecule has 5 heteroatoms. The van der Waals surface area contributed by atoms with Gasteiger partial charge >= 0.3 is 0 Å². The Bertz CT molecular complexity index is 368. The van der Waals surface area contributed by atoms with E-state index in [4.69, 9.17) is 15.0 Å². The van der Waals surface area contributed by atoms with E-state index in [-0.39, 0.29) is 6.10 Å². The number of nitrogens with zero attached hydrogens (tertiary/aromatic N) is 2. The predicted octanol–water partition coefficient (Wildman–Crippen LogP) is 2.16. The van der Waals surface area contributed by atoms with E-state index in [1.165, 1.54) is 6.42 Å². The van der Waals surface area contributed by atoms with Crippen LogP contribution in [0.4, 0.5) is 0 Å². The Hall–Kier alpha value is -0.940. The molecule has 0 radical (unpaired) electrons. The minimum absolute atomic E-state index is 0.236. The Morgan fingerprint density at radius 1 is 1.33 bits per heavy atom. The maximum atomic E-state index is 6.24. The minimum atomic E-state index is -0.487. The largest absolute Gasteiger partial charge is 0.378 e. The lowest BCUT2D eigenvalue weighted by Gasteiger charge is -2.21. The van der Waals surface area contributed by atoms with E-state index in [1.807, 2.05) is 13.8 Å². The number of hydrogen-bond donors (Lipinski definition) is 1. The molecule has 18 heavy (non-hydrogen) atoms. The van der Waals surface area contributed by atoms with Crippen LogP contribution >= 0.6 is 0 Å². The minimum Gasteiger partial charge on any atom is -0.378 e. The van der Waals surface area contributed by atoms with Crippen molar-refractivity contribution < 1.29 is 9.26 Å².